The highest BCUT2D eigenvalue weighted by Gasteiger charge is 2.38. The second-order valence-electron chi connectivity index (χ2n) is 8.80. The molecule has 0 saturated carbocycles. The standard InChI is InChI=1S/C24H31N5O3/c1-17-15-20(18(2)29(17)11-6-14-31-4)22(30)28-12-8-24(3,9-13-28)23-26-21(32-27-23)19-7-5-10-25-16-19/h5,7,10,15-16H,6,8-9,11-14H2,1-4H3. The zero-order chi connectivity index (χ0) is 22.7. The van der Waals surface area contributed by atoms with Crippen LogP contribution in [0.3, 0.4) is 0 Å². The molecule has 0 bridgehead atoms. The van der Waals surface area contributed by atoms with Crippen molar-refractivity contribution in [3.63, 3.8) is 0 Å². The van der Waals surface area contributed by atoms with E-state index in [0.29, 0.717) is 31.4 Å². The molecule has 1 saturated heterocycles. The Bertz CT molecular complexity index is 1060. The molecule has 0 aliphatic carbocycles. The zero-order valence-electron chi connectivity index (χ0n) is 19.3. The van der Waals surface area contributed by atoms with Crippen molar-refractivity contribution < 1.29 is 14.1 Å². The average molecular weight is 438 g/mol. The summed E-state index contributed by atoms with van der Waals surface area (Å²) in [5, 5.41) is 4.25. The molecule has 0 N–H and O–H groups in total. The van der Waals surface area contributed by atoms with Crippen LogP contribution in [0.15, 0.2) is 35.1 Å². The van der Waals surface area contributed by atoms with E-state index in [0.717, 1.165) is 48.3 Å². The lowest BCUT2D eigenvalue weighted by atomic mass is 9.79. The van der Waals surface area contributed by atoms with Crippen LogP contribution in [0.4, 0.5) is 0 Å². The van der Waals surface area contributed by atoms with Crippen LogP contribution in [-0.4, -0.2) is 57.3 Å². The summed E-state index contributed by atoms with van der Waals surface area (Å²) in [7, 11) is 1.71. The summed E-state index contributed by atoms with van der Waals surface area (Å²) in [6.45, 7) is 9.13. The van der Waals surface area contributed by atoms with Crippen LogP contribution < -0.4 is 0 Å². The van der Waals surface area contributed by atoms with Crippen LogP contribution in [0.5, 0.6) is 0 Å². The topological polar surface area (TPSA) is 86.3 Å². The molecular formula is C24H31N5O3. The minimum absolute atomic E-state index is 0.0994. The van der Waals surface area contributed by atoms with Gasteiger partial charge in [0.15, 0.2) is 5.82 Å². The zero-order valence-corrected chi connectivity index (χ0v) is 19.3. The van der Waals surface area contributed by atoms with Gasteiger partial charge in [-0.25, -0.2) is 0 Å². The van der Waals surface area contributed by atoms with Gasteiger partial charge >= 0.3 is 0 Å². The molecule has 3 aromatic heterocycles. The molecule has 4 heterocycles. The van der Waals surface area contributed by atoms with Crippen LogP contribution in [0, 0.1) is 13.8 Å². The number of nitrogens with zero attached hydrogens (tertiary/aromatic N) is 5. The number of hydrogen-bond donors (Lipinski definition) is 0. The monoisotopic (exact) mass is 437 g/mol. The van der Waals surface area contributed by atoms with E-state index < -0.39 is 0 Å². The predicted molar refractivity (Wildman–Crippen MR) is 120 cm³/mol. The highest BCUT2D eigenvalue weighted by molar-refractivity contribution is 5.95. The first kappa shape index (κ1) is 22.2. The van der Waals surface area contributed by atoms with Crippen molar-refractivity contribution in [3.05, 3.63) is 53.4 Å². The van der Waals surface area contributed by atoms with Gasteiger partial charge in [-0.1, -0.05) is 12.1 Å². The molecule has 1 aliphatic heterocycles. The SMILES string of the molecule is COCCCn1c(C)cc(C(=O)N2CCC(C)(c3noc(-c4cccnc4)n3)CC2)c1C. The fourth-order valence-corrected chi connectivity index (χ4v) is 4.40. The van der Waals surface area contributed by atoms with E-state index in [1.165, 1.54) is 0 Å². The molecule has 3 aromatic rings. The lowest BCUT2D eigenvalue weighted by Gasteiger charge is -2.37. The van der Waals surface area contributed by atoms with Gasteiger partial charge in [0.25, 0.3) is 11.8 Å². The second kappa shape index (κ2) is 9.24. The highest BCUT2D eigenvalue weighted by Crippen LogP contribution is 2.35. The van der Waals surface area contributed by atoms with E-state index in [9.17, 15) is 4.79 Å². The first-order chi connectivity index (χ1) is 15.4. The van der Waals surface area contributed by atoms with Crippen molar-refractivity contribution in [3.8, 4) is 11.5 Å². The van der Waals surface area contributed by atoms with Gasteiger partial charge in [-0.3, -0.25) is 9.78 Å². The summed E-state index contributed by atoms with van der Waals surface area (Å²) in [5.74, 6) is 1.27. The van der Waals surface area contributed by atoms with E-state index in [1.807, 2.05) is 30.0 Å². The van der Waals surface area contributed by atoms with E-state index >= 15 is 0 Å². The Morgan fingerprint density at radius 3 is 2.75 bits per heavy atom. The Kier molecular flexibility index (Phi) is 6.41. The number of rotatable bonds is 7. The number of piperidine rings is 1. The van der Waals surface area contributed by atoms with Gasteiger partial charge in [-0.05, 0) is 51.3 Å². The highest BCUT2D eigenvalue weighted by atomic mass is 16.5. The molecule has 0 atom stereocenters. The number of aromatic nitrogens is 4. The Morgan fingerprint density at radius 1 is 1.28 bits per heavy atom. The van der Waals surface area contributed by atoms with Gasteiger partial charge in [0, 0.05) is 62.5 Å². The fraction of sp³-hybridized carbons (Fsp3) is 0.500. The number of hydrogen-bond acceptors (Lipinski definition) is 6. The Morgan fingerprint density at radius 2 is 2.06 bits per heavy atom. The molecule has 8 heteroatoms. The van der Waals surface area contributed by atoms with Gasteiger partial charge in [0.2, 0.25) is 0 Å². The third-order valence-electron chi connectivity index (χ3n) is 6.56. The molecule has 32 heavy (non-hydrogen) atoms. The first-order valence-electron chi connectivity index (χ1n) is 11.1. The number of aryl methyl sites for hydroxylation is 1. The number of carbonyl (C=O) groups is 1. The Hall–Kier alpha value is -3.00. The van der Waals surface area contributed by atoms with E-state index in [2.05, 4.69) is 33.5 Å². The van der Waals surface area contributed by atoms with Gasteiger partial charge in [0.1, 0.15) is 0 Å². The maximum Gasteiger partial charge on any atom is 0.259 e. The summed E-state index contributed by atoms with van der Waals surface area (Å²) in [5.41, 5.74) is 3.51. The molecule has 170 valence electrons. The van der Waals surface area contributed by atoms with E-state index in [-0.39, 0.29) is 11.3 Å². The molecular weight excluding hydrogens is 406 g/mol. The molecule has 0 aromatic carbocycles. The number of methoxy groups -OCH3 is 1. The molecule has 4 rings (SSSR count). The Balaban J connectivity index is 1.43. The van der Waals surface area contributed by atoms with Crippen molar-refractivity contribution in [2.24, 2.45) is 0 Å². The maximum absolute atomic E-state index is 13.3. The van der Waals surface area contributed by atoms with Crippen molar-refractivity contribution in [2.75, 3.05) is 26.8 Å². The van der Waals surface area contributed by atoms with Crippen molar-refractivity contribution in [1.29, 1.82) is 0 Å². The summed E-state index contributed by atoms with van der Waals surface area (Å²) in [6.07, 6.45) is 5.93. The van der Waals surface area contributed by atoms with Gasteiger partial charge < -0.3 is 18.7 Å². The van der Waals surface area contributed by atoms with E-state index in [4.69, 9.17) is 9.26 Å². The van der Waals surface area contributed by atoms with E-state index in [1.54, 1.807) is 19.5 Å². The lowest BCUT2D eigenvalue weighted by molar-refractivity contribution is 0.0669. The Labute approximate surface area is 188 Å². The number of ether oxygens (including phenoxy) is 1. The molecule has 1 amide bonds. The molecule has 0 radical (unpaired) electrons. The summed E-state index contributed by atoms with van der Waals surface area (Å²) < 4.78 is 12.9. The lowest BCUT2D eigenvalue weighted by Crippen LogP contribution is -2.44. The molecule has 0 unspecified atom stereocenters. The quantitative estimate of drug-likeness (QED) is 0.523. The first-order valence-corrected chi connectivity index (χ1v) is 11.1. The van der Waals surface area contributed by atoms with Crippen LogP contribution in [-0.2, 0) is 16.7 Å². The van der Waals surface area contributed by atoms with Crippen molar-refractivity contribution in [2.45, 2.75) is 52.0 Å². The normalized spacial score (nSPS) is 15.8. The summed E-state index contributed by atoms with van der Waals surface area (Å²) in [6, 6.07) is 5.76. The predicted octanol–water partition coefficient (Wildman–Crippen LogP) is 3.78. The number of carbonyl (C=O) groups excluding carboxylic acids is 1. The van der Waals surface area contributed by atoms with Crippen molar-refractivity contribution >= 4 is 5.91 Å². The number of likely N-dealkylation sites (tertiary alicyclic amines) is 1. The minimum Gasteiger partial charge on any atom is -0.385 e. The van der Waals surface area contributed by atoms with Crippen LogP contribution >= 0.6 is 0 Å². The third kappa shape index (κ3) is 4.32. The van der Waals surface area contributed by atoms with Gasteiger partial charge in [-0.2, -0.15) is 4.98 Å². The third-order valence-corrected chi connectivity index (χ3v) is 6.56. The van der Waals surface area contributed by atoms with Crippen molar-refractivity contribution in [1.82, 2.24) is 24.6 Å². The summed E-state index contributed by atoms with van der Waals surface area (Å²) >= 11 is 0. The average Bonchev–Trinajstić information content (AvgIpc) is 3.41. The summed E-state index contributed by atoms with van der Waals surface area (Å²) in [4.78, 5) is 24.0. The second-order valence-corrected chi connectivity index (χ2v) is 8.80. The minimum atomic E-state index is -0.224. The molecule has 0 spiro atoms. The van der Waals surface area contributed by atoms with Gasteiger partial charge in [0.05, 0.1) is 11.1 Å². The van der Waals surface area contributed by atoms with Crippen LogP contribution in [0.25, 0.3) is 11.5 Å². The van der Waals surface area contributed by atoms with Crippen LogP contribution in [0.1, 0.15) is 53.8 Å². The smallest absolute Gasteiger partial charge is 0.259 e. The number of amides is 1. The molecule has 8 nitrogen and oxygen atoms in total. The fourth-order valence-electron chi connectivity index (χ4n) is 4.40. The number of pyridine rings is 1. The molecule has 1 aliphatic rings. The van der Waals surface area contributed by atoms with Gasteiger partial charge in [-0.15, -0.1) is 0 Å². The van der Waals surface area contributed by atoms with Crippen LogP contribution in [0.2, 0.25) is 0 Å². The maximum atomic E-state index is 13.3. The largest absolute Gasteiger partial charge is 0.385 e. The molecule has 1 fully saturated rings.